The summed E-state index contributed by atoms with van der Waals surface area (Å²) >= 11 is 0. The molecular weight excluding hydrogens is 393 g/mol. The third-order valence-electron chi connectivity index (χ3n) is 5.58. The van der Waals surface area contributed by atoms with Crippen molar-refractivity contribution in [1.29, 1.82) is 0 Å². The molecule has 156 valence electrons. The van der Waals surface area contributed by atoms with Crippen LogP contribution in [0.2, 0.25) is 0 Å². The van der Waals surface area contributed by atoms with Gasteiger partial charge >= 0.3 is 0 Å². The van der Waals surface area contributed by atoms with Crippen molar-refractivity contribution in [2.75, 3.05) is 7.05 Å². The molecule has 1 aromatic heterocycles. The third-order valence-corrected chi connectivity index (χ3v) is 5.58. The fourth-order valence-corrected chi connectivity index (χ4v) is 3.93. The highest BCUT2D eigenvalue weighted by atomic mass is 19.1. The molecule has 0 saturated carbocycles. The van der Waals surface area contributed by atoms with Crippen LogP contribution in [-0.2, 0) is 4.79 Å². The van der Waals surface area contributed by atoms with Gasteiger partial charge in [0.1, 0.15) is 11.9 Å². The van der Waals surface area contributed by atoms with Crippen molar-refractivity contribution in [3.8, 4) is 11.1 Å². The van der Waals surface area contributed by atoms with Gasteiger partial charge in [-0.05, 0) is 59.2 Å². The van der Waals surface area contributed by atoms with Crippen LogP contribution in [0, 0.1) is 5.82 Å². The molecule has 0 bridgehead atoms. The minimum atomic E-state index is -0.654. The minimum absolute atomic E-state index is 0.263. The van der Waals surface area contributed by atoms with E-state index in [9.17, 15) is 14.0 Å². The van der Waals surface area contributed by atoms with Crippen LogP contribution in [-0.4, -0.2) is 34.8 Å². The van der Waals surface area contributed by atoms with Gasteiger partial charge in [0.2, 0.25) is 5.91 Å². The van der Waals surface area contributed by atoms with Gasteiger partial charge in [-0.25, -0.2) is 4.39 Å². The van der Waals surface area contributed by atoms with Crippen LogP contribution >= 0.6 is 0 Å². The average molecular weight is 415 g/mol. The molecule has 1 heterocycles. The lowest BCUT2D eigenvalue weighted by atomic mass is 9.96. The van der Waals surface area contributed by atoms with Crippen molar-refractivity contribution in [1.82, 2.24) is 9.88 Å². The first-order valence-electron chi connectivity index (χ1n) is 10.0. The summed E-state index contributed by atoms with van der Waals surface area (Å²) in [7, 11) is 1.59. The van der Waals surface area contributed by atoms with Crippen LogP contribution in [0.1, 0.15) is 23.7 Å². The van der Waals surface area contributed by atoms with Crippen LogP contribution in [0.15, 0.2) is 66.9 Å². The molecule has 0 aliphatic rings. The van der Waals surface area contributed by atoms with Crippen LogP contribution in [0.25, 0.3) is 32.8 Å². The lowest BCUT2D eigenvalue weighted by Gasteiger charge is -2.24. The number of aromatic nitrogens is 1. The number of carbonyl (C=O) groups is 2. The second kappa shape index (κ2) is 8.14. The number of rotatable bonds is 5. The summed E-state index contributed by atoms with van der Waals surface area (Å²) in [5.41, 5.74) is 8.42. The topological polar surface area (TPSA) is 76.3 Å². The summed E-state index contributed by atoms with van der Waals surface area (Å²) in [4.78, 5) is 30.4. The van der Waals surface area contributed by atoms with Crippen molar-refractivity contribution in [2.24, 2.45) is 5.73 Å². The highest BCUT2D eigenvalue weighted by Gasteiger charge is 2.24. The summed E-state index contributed by atoms with van der Waals surface area (Å²) in [6.45, 7) is 1.81. The Labute approximate surface area is 179 Å². The van der Waals surface area contributed by atoms with Gasteiger partial charge in [-0.3, -0.25) is 14.6 Å². The maximum atomic E-state index is 13.6. The van der Waals surface area contributed by atoms with Gasteiger partial charge in [0, 0.05) is 29.8 Å². The van der Waals surface area contributed by atoms with E-state index >= 15 is 0 Å². The molecule has 3 aromatic carbocycles. The van der Waals surface area contributed by atoms with Gasteiger partial charge in [-0.15, -0.1) is 0 Å². The molecule has 1 unspecified atom stereocenters. The second-order valence-electron chi connectivity index (χ2n) is 7.54. The quantitative estimate of drug-likeness (QED) is 0.520. The first kappa shape index (κ1) is 20.5. The Balaban J connectivity index is 1.75. The number of pyridine rings is 1. The Morgan fingerprint density at radius 2 is 1.87 bits per heavy atom. The number of hydrogen-bond donors (Lipinski definition) is 1. The fraction of sp³-hybridized carbons (Fsp3) is 0.160. The molecule has 2 amide bonds. The third kappa shape index (κ3) is 3.84. The normalized spacial score (nSPS) is 12.1. The van der Waals surface area contributed by atoms with E-state index in [0.717, 1.165) is 32.8 Å². The molecular formula is C25H22FN3O2. The van der Waals surface area contributed by atoms with Gasteiger partial charge in [0.25, 0.3) is 5.91 Å². The van der Waals surface area contributed by atoms with Crippen LogP contribution < -0.4 is 5.73 Å². The first-order chi connectivity index (χ1) is 14.9. The van der Waals surface area contributed by atoms with E-state index in [1.807, 2.05) is 37.3 Å². The Bertz CT molecular complexity index is 1320. The van der Waals surface area contributed by atoms with Gasteiger partial charge in [0.05, 0.1) is 5.52 Å². The number of nitrogens with two attached hydrogens (primary N) is 1. The molecule has 31 heavy (non-hydrogen) atoms. The van der Waals surface area contributed by atoms with Gasteiger partial charge in [-0.2, -0.15) is 0 Å². The molecule has 0 radical (unpaired) electrons. The summed E-state index contributed by atoms with van der Waals surface area (Å²) < 4.78 is 13.6. The Morgan fingerprint density at radius 3 is 2.61 bits per heavy atom. The standard InChI is InChI=1S/C25H22FN3O2/c1-3-23(24(27)30)29(2)25(31)16-7-9-21-15(11-16)5-4-6-20(21)18-12-17-13-19(26)8-10-22(17)28-14-18/h4-14,23H,3H2,1-2H3,(H2,27,30). The van der Waals surface area contributed by atoms with Gasteiger partial charge in [0.15, 0.2) is 0 Å². The predicted molar refractivity (Wildman–Crippen MR) is 120 cm³/mol. The first-order valence-corrected chi connectivity index (χ1v) is 10.0. The summed E-state index contributed by atoms with van der Waals surface area (Å²) in [6, 6.07) is 17.0. The molecule has 0 spiro atoms. The van der Waals surface area contributed by atoms with Gasteiger partial charge in [-0.1, -0.05) is 31.2 Å². The molecule has 0 aliphatic heterocycles. The fourth-order valence-electron chi connectivity index (χ4n) is 3.93. The zero-order valence-corrected chi connectivity index (χ0v) is 17.3. The number of primary amides is 1. The molecule has 0 saturated heterocycles. The average Bonchev–Trinajstić information content (AvgIpc) is 2.77. The molecule has 5 nitrogen and oxygen atoms in total. The van der Waals surface area contributed by atoms with Crippen molar-refractivity contribution in [2.45, 2.75) is 19.4 Å². The lowest BCUT2D eigenvalue weighted by molar-refractivity contribution is -0.122. The van der Waals surface area contributed by atoms with Crippen LogP contribution in [0.4, 0.5) is 4.39 Å². The zero-order chi connectivity index (χ0) is 22.1. The number of likely N-dealkylation sites (N-methyl/N-ethyl adjacent to an activating group) is 1. The number of halogens is 1. The monoisotopic (exact) mass is 415 g/mol. The van der Waals surface area contributed by atoms with E-state index in [0.29, 0.717) is 12.0 Å². The maximum Gasteiger partial charge on any atom is 0.254 e. The van der Waals surface area contributed by atoms with E-state index in [-0.39, 0.29) is 11.7 Å². The number of carbonyl (C=O) groups excluding carboxylic acids is 2. The largest absolute Gasteiger partial charge is 0.368 e. The second-order valence-corrected chi connectivity index (χ2v) is 7.54. The summed E-state index contributed by atoms with van der Waals surface area (Å²) in [6.07, 6.45) is 2.21. The van der Waals surface area contributed by atoms with Crippen molar-refractivity contribution >= 4 is 33.5 Å². The number of amides is 2. The van der Waals surface area contributed by atoms with E-state index in [1.165, 1.54) is 17.0 Å². The molecule has 1 atom stereocenters. The smallest absolute Gasteiger partial charge is 0.254 e. The Hall–Kier alpha value is -3.80. The van der Waals surface area contributed by atoms with Crippen molar-refractivity contribution in [3.63, 3.8) is 0 Å². The van der Waals surface area contributed by atoms with Crippen LogP contribution in [0.3, 0.4) is 0 Å². The van der Waals surface area contributed by atoms with E-state index in [4.69, 9.17) is 5.73 Å². The Morgan fingerprint density at radius 1 is 1.06 bits per heavy atom. The van der Waals surface area contributed by atoms with Crippen LogP contribution in [0.5, 0.6) is 0 Å². The SMILES string of the molecule is CCC(C(N)=O)N(C)C(=O)c1ccc2c(-c3cnc4ccc(F)cc4c3)cccc2c1. The van der Waals surface area contributed by atoms with Gasteiger partial charge < -0.3 is 10.6 Å². The Kier molecular flexibility index (Phi) is 5.38. The number of benzene rings is 3. The molecule has 0 fully saturated rings. The van der Waals surface area contributed by atoms with E-state index < -0.39 is 11.9 Å². The zero-order valence-electron chi connectivity index (χ0n) is 17.3. The number of fused-ring (bicyclic) bond motifs is 2. The molecule has 6 heteroatoms. The molecule has 4 rings (SSSR count). The highest BCUT2D eigenvalue weighted by molar-refractivity contribution is 6.04. The molecule has 4 aromatic rings. The van der Waals surface area contributed by atoms with Crippen molar-refractivity contribution in [3.05, 3.63) is 78.2 Å². The number of hydrogen-bond acceptors (Lipinski definition) is 3. The predicted octanol–water partition coefficient (Wildman–Crippen LogP) is 4.53. The highest BCUT2D eigenvalue weighted by Crippen LogP contribution is 2.31. The minimum Gasteiger partial charge on any atom is -0.368 e. The van der Waals surface area contributed by atoms with E-state index in [2.05, 4.69) is 4.98 Å². The molecule has 0 aliphatic carbocycles. The lowest BCUT2D eigenvalue weighted by Crippen LogP contribution is -2.45. The molecule has 2 N–H and O–H groups in total. The number of nitrogens with zero attached hydrogens (tertiary/aromatic N) is 2. The van der Waals surface area contributed by atoms with E-state index in [1.54, 1.807) is 31.4 Å². The summed E-state index contributed by atoms with van der Waals surface area (Å²) in [5, 5.41) is 2.55. The summed E-state index contributed by atoms with van der Waals surface area (Å²) in [5.74, 6) is -1.10. The maximum absolute atomic E-state index is 13.6. The van der Waals surface area contributed by atoms with Crippen molar-refractivity contribution < 1.29 is 14.0 Å².